The number of nitrogens with zero attached hydrogens (tertiary/aromatic N) is 2. The Labute approximate surface area is 264 Å². The summed E-state index contributed by atoms with van der Waals surface area (Å²) in [5, 5.41) is 5.01. The van der Waals surface area contributed by atoms with Crippen molar-refractivity contribution in [1.82, 2.24) is 4.98 Å². The number of oxazole rings is 1. The van der Waals surface area contributed by atoms with Crippen LogP contribution in [0.3, 0.4) is 0 Å². The summed E-state index contributed by atoms with van der Waals surface area (Å²) < 4.78 is 8.95. The number of para-hydroxylation sites is 1. The van der Waals surface area contributed by atoms with Crippen LogP contribution in [0.5, 0.6) is 0 Å². The van der Waals surface area contributed by atoms with Crippen molar-refractivity contribution in [1.29, 1.82) is 0 Å². The van der Waals surface area contributed by atoms with Crippen LogP contribution in [0.4, 0.5) is 17.1 Å². The topological polar surface area (TPSA) is 29.3 Å². The second kappa shape index (κ2) is 10.5. The fourth-order valence-electron chi connectivity index (χ4n) is 6.29. The summed E-state index contributed by atoms with van der Waals surface area (Å²) in [7, 11) is 0. The molecule has 7 aromatic carbocycles. The number of aromatic nitrogens is 1. The molecular weight excluding hydrogens is 569 g/mol. The van der Waals surface area contributed by atoms with Gasteiger partial charge in [-0.1, -0.05) is 91.0 Å². The second-order valence-electron chi connectivity index (χ2n) is 11.2. The maximum atomic E-state index is 6.34. The van der Waals surface area contributed by atoms with Gasteiger partial charge in [-0.25, -0.2) is 4.98 Å². The van der Waals surface area contributed by atoms with Crippen LogP contribution in [-0.4, -0.2) is 4.98 Å². The second-order valence-corrected chi connectivity index (χ2v) is 12.3. The lowest BCUT2D eigenvalue weighted by molar-refractivity contribution is 0.621. The van der Waals surface area contributed by atoms with Gasteiger partial charge in [0.1, 0.15) is 5.52 Å². The third kappa shape index (κ3) is 4.46. The lowest BCUT2D eigenvalue weighted by atomic mass is 10.0. The maximum absolute atomic E-state index is 6.34. The predicted molar refractivity (Wildman–Crippen MR) is 190 cm³/mol. The van der Waals surface area contributed by atoms with Crippen LogP contribution in [0, 0.1) is 0 Å². The molecule has 45 heavy (non-hydrogen) atoms. The van der Waals surface area contributed by atoms with Gasteiger partial charge in [0.15, 0.2) is 5.58 Å². The zero-order valence-corrected chi connectivity index (χ0v) is 25.0. The summed E-state index contributed by atoms with van der Waals surface area (Å²) in [4.78, 5) is 7.14. The number of anilines is 3. The van der Waals surface area contributed by atoms with Crippen molar-refractivity contribution in [3.63, 3.8) is 0 Å². The molecule has 0 unspecified atom stereocenters. The van der Waals surface area contributed by atoms with Gasteiger partial charge in [-0.05, 0) is 83.1 Å². The van der Waals surface area contributed by atoms with Gasteiger partial charge in [0.05, 0.1) is 0 Å². The molecule has 4 heteroatoms. The van der Waals surface area contributed by atoms with Crippen LogP contribution in [-0.2, 0) is 0 Å². The first-order chi connectivity index (χ1) is 22.3. The molecule has 9 aromatic rings. The molecular formula is C41H26N2OS. The molecule has 0 amide bonds. The molecule has 0 saturated heterocycles. The first-order valence-electron chi connectivity index (χ1n) is 15.0. The molecule has 0 saturated carbocycles. The Morgan fingerprint density at radius 3 is 2.09 bits per heavy atom. The van der Waals surface area contributed by atoms with E-state index in [1.165, 1.54) is 30.9 Å². The molecule has 0 spiro atoms. The largest absolute Gasteiger partial charge is 0.435 e. The van der Waals surface area contributed by atoms with Crippen molar-refractivity contribution >= 4 is 70.4 Å². The first kappa shape index (κ1) is 25.8. The first-order valence-corrected chi connectivity index (χ1v) is 15.9. The summed E-state index contributed by atoms with van der Waals surface area (Å²) in [5.74, 6) is 0.633. The van der Waals surface area contributed by atoms with E-state index >= 15 is 0 Å². The number of rotatable bonds is 5. The molecule has 0 aliphatic carbocycles. The number of benzene rings is 7. The molecule has 0 atom stereocenters. The van der Waals surface area contributed by atoms with E-state index in [9.17, 15) is 0 Å². The fraction of sp³-hybridized carbons (Fsp3) is 0. The fourth-order valence-corrected chi connectivity index (χ4v) is 7.37. The van der Waals surface area contributed by atoms with Gasteiger partial charge in [0.25, 0.3) is 0 Å². The molecule has 0 N–H and O–H groups in total. The highest BCUT2D eigenvalue weighted by Gasteiger charge is 2.17. The summed E-state index contributed by atoms with van der Waals surface area (Å²) in [6.07, 6.45) is 0. The minimum atomic E-state index is 0.633. The lowest BCUT2D eigenvalue weighted by Gasteiger charge is -2.26. The van der Waals surface area contributed by atoms with Crippen molar-refractivity contribution < 1.29 is 4.42 Å². The molecule has 2 heterocycles. The molecule has 0 aliphatic heterocycles. The molecule has 212 valence electrons. The molecule has 0 fully saturated rings. The van der Waals surface area contributed by atoms with Gasteiger partial charge in [-0.3, -0.25) is 0 Å². The van der Waals surface area contributed by atoms with E-state index < -0.39 is 0 Å². The molecule has 0 radical (unpaired) electrons. The molecule has 0 bridgehead atoms. The van der Waals surface area contributed by atoms with Crippen molar-refractivity contribution in [3.05, 3.63) is 158 Å². The van der Waals surface area contributed by atoms with Crippen LogP contribution in [0.25, 0.3) is 64.6 Å². The third-order valence-corrected chi connectivity index (χ3v) is 9.63. The SMILES string of the molecule is c1ccc(-c2nc3cccc(-c4ccc(N(c5ccc6ccccc6c5)c5ccc6sc7ccccc7c6c5)cc4)c3o2)cc1. The van der Waals surface area contributed by atoms with Gasteiger partial charge in [-0.2, -0.15) is 0 Å². The van der Waals surface area contributed by atoms with Crippen molar-refractivity contribution in [3.8, 4) is 22.6 Å². The van der Waals surface area contributed by atoms with E-state index in [0.29, 0.717) is 5.89 Å². The predicted octanol–water partition coefficient (Wildman–Crippen LogP) is 12.2. The normalized spacial score (nSPS) is 11.6. The molecule has 9 rings (SSSR count). The monoisotopic (exact) mass is 594 g/mol. The van der Waals surface area contributed by atoms with Crippen LogP contribution in [0.2, 0.25) is 0 Å². The highest BCUT2D eigenvalue weighted by atomic mass is 32.1. The quantitative estimate of drug-likeness (QED) is 0.198. The number of fused-ring (bicyclic) bond motifs is 5. The van der Waals surface area contributed by atoms with Crippen LogP contribution in [0.15, 0.2) is 162 Å². The summed E-state index contributed by atoms with van der Waals surface area (Å²) in [5.41, 5.74) is 8.05. The Bertz CT molecular complexity index is 2490. The van der Waals surface area contributed by atoms with E-state index in [0.717, 1.165) is 44.9 Å². The van der Waals surface area contributed by atoms with E-state index in [1.54, 1.807) is 0 Å². The smallest absolute Gasteiger partial charge is 0.227 e. The highest BCUT2D eigenvalue weighted by molar-refractivity contribution is 7.25. The minimum absolute atomic E-state index is 0.633. The zero-order valence-electron chi connectivity index (χ0n) is 24.2. The summed E-state index contributed by atoms with van der Waals surface area (Å²) in [6.45, 7) is 0. The van der Waals surface area contributed by atoms with Gasteiger partial charge >= 0.3 is 0 Å². The van der Waals surface area contributed by atoms with E-state index in [-0.39, 0.29) is 0 Å². The van der Waals surface area contributed by atoms with Gasteiger partial charge in [0, 0.05) is 48.4 Å². The number of thiophene rings is 1. The number of hydrogen-bond acceptors (Lipinski definition) is 4. The molecule has 0 aliphatic rings. The van der Waals surface area contributed by atoms with Gasteiger partial charge < -0.3 is 9.32 Å². The minimum Gasteiger partial charge on any atom is -0.435 e. The average Bonchev–Trinajstić information content (AvgIpc) is 3.71. The Hall–Kier alpha value is -5.71. The van der Waals surface area contributed by atoms with Crippen molar-refractivity contribution in [2.75, 3.05) is 4.90 Å². The molecule has 3 nitrogen and oxygen atoms in total. The zero-order chi connectivity index (χ0) is 29.7. The summed E-state index contributed by atoms with van der Waals surface area (Å²) in [6, 6.07) is 55.7. The number of hydrogen-bond donors (Lipinski definition) is 0. The van der Waals surface area contributed by atoms with E-state index in [4.69, 9.17) is 9.40 Å². The van der Waals surface area contributed by atoms with E-state index in [1.807, 2.05) is 53.8 Å². The Morgan fingerprint density at radius 1 is 0.489 bits per heavy atom. The Balaban J connectivity index is 1.17. The maximum Gasteiger partial charge on any atom is 0.227 e. The van der Waals surface area contributed by atoms with E-state index in [2.05, 4.69) is 120 Å². The van der Waals surface area contributed by atoms with Crippen LogP contribution >= 0.6 is 11.3 Å². The van der Waals surface area contributed by atoms with Crippen LogP contribution in [0.1, 0.15) is 0 Å². The lowest BCUT2D eigenvalue weighted by Crippen LogP contribution is -2.09. The average molecular weight is 595 g/mol. The van der Waals surface area contributed by atoms with Crippen molar-refractivity contribution in [2.45, 2.75) is 0 Å². The Kier molecular flexibility index (Phi) is 6.00. The van der Waals surface area contributed by atoms with Gasteiger partial charge in [-0.15, -0.1) is 11.3 Å². The van der Waals surface area contributed by atoms with Gasteiger partial charge in [0.2, 0.25) is 5.89 Å². The standard InChI is InChI=1S/C41H26N2OS/c1-2-10-29(11-3-1)41-42-37-15-8-14-34(40(37)44-41)28-18-20-31(21-19-28)43(32-22-17-27-9-4-5-12-30(27)25-32)33-23-24-39-36(26-33)35-13-6-7-16-38(35)45-39/h1-26H. The highest BCUT2D eigenvalue weighted by Crippen LogP contribution is 2.42. The molecule has 2 aromatic heterocycles. The summed E-state index contributed by atoms with van der Waals surface area (Å²) >= 11 is 1.84. The van der Waals surface area contributed by atoms with Crippen molar-refractivity contribution in [2.24, 2.45) is 0 Å². The Morgan fingerprint density at radius 2 is 1.20 bits per heavy atom. The third-order valence-electron chi connectivity index (χ3n) is 8.48. The van der Waals surface area contributed by atoms with Crippen LogP contribution < -0.4 is 4.90 Å².